The predicted octanol–water partition coefficient (Wildman–Crippen LogP) is -1.08. The Hall–Kier alpha value is -2.68. The quantitative estimate of drug-likeness (QED) is 0.754. The Morgan fingerprint density at radius 2 is 2.15 bits per heavy atom. The van der Waals surface area contributed by atoms with Crippen molar-refractivity contribution in [1.82, 2.24) is 29.3 Å². The summed E-state index contributed by atoms with van der Waals surface area (Å²) in [6, 6.07) is 5.34. The van der Waals surface area contributed by atoms with Crippen LogP contribution in [0, 0.1) is 0 Å². The van der Waals surface area contributed by atoms with Crippen LogP contribution in [0.4, 0.5) is 0 Å². The molecule has 0 bridgehead atoms. The van der Waals surface area contributed by atoms with Crippen LogP contribution in [0.15, 0.2) is 29.2 Å². The molecule has 4 rings (SSSR count). The Balaban J connectivity index is 1.46. The molecule has 2 aliphatic rings. The third kappa shape index (κ3) is 3.10. The van der Waals surface area contributed by atoms with Crippen LogP contribution in [-0.2, 0) is 16.1 Å². The van der Waals surface area contributed by atoms with Crippen molar-refractivity contribution in [2.45, 2.75) is 25.4 Å². The zero-order valence-corrected chi connectivity index (χ0v) is 14.5. The minimum atomic E-state index is -0.320. The molecular weight excluding hydrogens is 336 g/mol. The van der Waals surface area contributed by atoms with Gasteiger partial charge in [-0.1, -0.05) is 6.07 Å². The van der Waals surface area contributed by atoms with E-state index in [-0.39, 0.29) is 30.1 Å². The SMILES string of the molecule is O=C(Cn1nc2ccccn2c1=O)N1CCCC(N2CCNCC2=O)C1. The van der Waals surface area contributed by atoms with Gasteiger partial charge >= 0.3 is 5.69 Å². The summed E-state index contributed by atoms with van der Waals surface area (Å²) in [7, 11) is 0. The standard InChI is InChI=1S/C17H22N6O3/c24-15-10-18-6-9-21(15)13-4-3-7-20(11-13)16(25)12-23-17(26)22-8-2-1-5-14(22)19-23/h1-2,5,8,13,18H,3-4,6-7,9-12H2. The summed E-state index contributed by atoms with van der Waals surface area (Å²) in [5.74, 6) is -0.0464. The first-order chi connectivity index (χ1) is 12.6. The van der Waals surface area contributed by atoms with Crippen molar-refractivity contribution in [2.24, 2.45) is 0 Å². The van der Waals surface area contributed by atoms with Gasteiger partial charge in [-0.15, -0.1) is 5.10 Å². The third-order valence-corrected chi connectivity index (χ3v) is 5.09. The van der Waals surface area contributed by atoms with Gasteiger partial charge in [0.1, 0.15) is 6.54 Å². The number of fused-ring (bicyclic) bond motifs is 1. The number of amides is 2. The van der Waals surface area contributed by atoms with E-state index in [0.29, 0.717) is 31.8 Å². The average Bonchev–Trinajstić information content (AvgIpc) is 2.98. The van der Waals surface area contributed by atoms with Crippen molar-refractivity contribution in [3.63, 3.8) is 0 Å². The predicted molar refractivity (Wildman–Crippen MR) is 93.6 cm³/mol. The average molecular weight is 358 g/mol. The summed E-state index contributed by atoms with van der Waals surface area (Å²) in [6.07, 6.45) is 3.40. The van der Waals surface area contributed by atoms with E-state index in [9.17, 15) is 14.4 Å². The van der Waals surface area contributed by atoms with Crippen molar-refractivity contribution >= 4 is 17.5 Å². The van der Waals surface area contributed by atoms with Gasteiger partial charge in [0.15, 0.2) is 5.65 Å². The summed E-state index contributed by atoms with van der Waals surface area (Å²) in [5.41, 5.74) is 0.202. The highest BCUT2D eigenvalue weighted by Crippen LogP contribution is 2.17. The van der Waals surface area contributed by atoms with Crippen LogP contribution in [0.1, 0.15) is 12.8 Å². The fraction of sp³-hybridized carbons (Fsp3) is 0.529. The zero-order chi connectivity index (χ0) is 18.1. The molecule has 0 radical (unpaired) electrons. The molecule has 1 N–H and O–H groups in total. The van der Waals surface area contributed by atoms with Crippen LogP contribution >= 0.6 is 0 Å². The normalized spacial score (nSPS) is 21.4. The van der Waals surface area contributed by atoms with Crippen molar-refractivity contribution in [3.05, 3.63) is 34.9 Å². The number of piperidine rings is 1. The van der Waals surface area contributed by atoms with Crippen LogP contribution in [0.3, 0.4) is 0 Å². The van der Waals surface area contributed by atoms with Crippen molar-refractivity contribution in [3.8, 4) is 0 Å². The lowest BCUT2D eigenvalue weighted by Crippen LogP contribution is -2.57. The van der Waals surface area contributed by atoms with Gasteiger partial charge in [0.25, 0.3) is 0 Å². The number of pyridine rings is 1. The Morgan fingerprint density at radius 1 is 1.27 bits per heavy atom. The molecule has 0 aliphatic carbocycles. The molecule has 2 aromatic rings. The van der Waals surface area contributed by atoms with Gasteiger partial charge in [0, 0.05) is 38.4 Å². The minimum absolute atomic E-state index is 0.0556. The first-order valence-electron chi connectivity index (χ1n) is 8.95. The first kappa shape index (κ1) is 16.8. The molecule has 26 heavy (non-hydrogen) atoms. The van der Waals surface area contributed by atoms with Gasteiger partial charge in [0.2, 0.25) is 11.8 Å². The zero-order valence-electron chi connectivity index (χ0n) is 14.5. The van der Waals surface area contributed by atoms with Gasteiger partial charge in [-0.25, -0.2) is 9.48 Å². The van der Waals surface area contributed by atoms with E-state index < -0.39 is 0 Å². The summed E-state index contributed by atoms with van der Waals surface area (Å²) < 4.78 is 2.63. The Morgan fingerprint density at radius 3 is 2.96 bits per heavy atom. The van der Waals surface area contributed by atoms with E-state index in [1.165, 1.54) is 9.08 Å². The van der Waals surface area contributed by atoms with Crippen LogP contribution < -0.4 is 11.0 Å². The summed E-state index contributed by atoms with van der Waals surface area (Å²) in [5, 5.41) is 7.28. The smallest absolute Gasteiger partial charge is 0.339 e. The molecule has 2 aliphatic heterocycles. The summed E-state index contributed by atoms with van der Waals surface area (Å²) >= 11 is 0. The third-order valence-electron chi connectivity index (χ3n) is 5.09. The fourth-order valence-electron chi connectivity index (χ4n) is 3.74. The molecule has 2 amide bonds. The molecule has 1 atom stereocenters. The number of likely N-dealkylation sites (tertiary alicyclic amines) is 1. The number of hydrogen-bond acceptors (Lipinski definition) is 5. The molecule has 1 unspecified atom stereocenters. The number of rotatable bonds is 3. The molecule has 138 valence electrons. The van der Waals surface area contributed by atoms with Crippen molar-refractivity contribution < 1.29 is 9.59 Å². The largest absolute Gasteiger partial charge is 0.350 e. The van der Waals surface area contributed by atoms with E-state index in [1.807, 2.05) is 4.90 Å². The maximum atomic E-state index is 12.7. The molecule has 9 heteroatoms. The van der Waals surface area contributed by atoms with Crippen molar-refractivity contribution in [1.29, 1.82) is 0 Å². The number of hydrogen-bond donors (Lipinski definition) is 1. The van der Waals surface area contributed by atoms with Crippen LogP contribution in [-0.4, -0.2) is 74.6 Å². The van der Waals surface area contributed by atoms with Gasteiger partial charge in [0.05, 0.1) is 6.54 Å². The van der Waals surface area contributed by atoms with Crippen molar-refractivity contribution in [2.75, 3.05) is 32.7 Å². The Kier molecular flexibility index (Phi) is 4.46. The molecule has 0 saturated carbocycles. The number of carbonyl (C=O) groups excluding carboxylic acids is 2. The number of aromatic nitrogens is 3. The fourth-order valence-corrected chi connectivity index (χ4v) is 3.74. The van der Waals surface area contributed by atoms with Gasteiger partial charge in [-0.2, -0.15) is 0 Å². The number of nitrogens with zero attached hydrogens (tertiary/aromatic N) is 5. The van der Waals surface area contributed by atoms with E-state index >= 15 is 0 Å². The minimum Gasteiger partial charge on any atom is -0.339 e. The van der Waals surface area contributed by atoms with E-state index in [0.717, 1.165) is 19.4 Å². The number of nitrogens with one attached hydrogen (secondary N) is 1. The highest BCUT2D eigenvalue weighted by atomic mass is 16.2. The molecule has 4 heterocycles. The monoisotopic (exact) mass is 358 g/mol. The van der Waals surface area contributed by atoms with E-state index in [4.69, 9.17) is 0 Å². The molecular formula is C17H22N6O3. The second-order valence-corrected chi connectivity index (χ2v) is 6.77. The number of carbonyl (C=O) groups is 2. The summed E-state index contributed by atoms with van der Waals surface area (Å²) in [4.78, 5) is 40.8. The second kappa shape index (κ2) is 6.91. The Bertz CT molecular complexity index is 888. The number of piperazine rings is 1. The lowest BCUT2D eigenvalue weighted by molar-refractivity contribution is -0.140. The second-order valence-electron chi connectivity index (χ2n) is 6.77. The lowest BCUT2D eigenvalue weighted by Gasteiger charge is -2.41. The first-order valence-corrected chi connectivity index (χ1v) is 8.95. The van der Waals surface area contributed by atoms with Gasteiger partial charge in [-0.3, -0.25) is 14.0 Å². The molecule has 2 fully saturated rings. The van der Waals surface area contributed by atoms with Crippen LogP contribution in [0.25, 0.3) is 5.65 Å². The maximum absolute atomic E-state index is 12.7. The molecule has 0 spiro atoms. The van der Waals surface area contributed by atoms with E-state index in [1.54, 1.807) is 29.3 Å². The molecule has 2 aromatic heterocycles. The van der Waals surface area contributed by atoms with Crippen LogP contribution in [0.5, 0.6) is 0 Å². The molecule has 2 saturated heterocycles. The molecule has 0 aromatic carbocycles. The molecule has 9 nitrogen and oxygen atoms in total. The van der Waals surface area contributed by atoms with Gasteiger partial charge < -0.3 is 15.1 Å². The highest BCUT2D eigenvalue weighted by Gasteiger charge is 2.31. The van der Waals surface area contributed by atoms with Gasteiger partial charge in [-0.05, 0) is 25.0 Å². The highest BCUT2D eigenvalue weighted by molar-refractivity contribution is 5.80. The topological polar surface area (TPSA) is 91.9 Å². The summed E-state index contributed by atoms with van der Waals surface area (Å²) in [6.45, 7) is 2.92. The Labute approximate surface area is 150 Å². The van der Waals surface area contributed by atoms with Crippen LogP contribution in [0.2, 0.25) is 0 Å². The van der Waals surface area contributed by atoms with E-state index in [2.05, 4.69) is 10.4 Å². The lowest BCUT2D eigenvalue weighted by atomic mass is 10.0. The maximum Gasteiger partial charge on any atom is 0.350 e.